The second-order valence-corrected chi connectivity index (χ2v) is 4.84. The van der Waals surface area contributed by atoms with E-state index in [0.717, 1.165) is 5.69 Å². The smallest absolute Gasteiger partial charge is 0.287 e. The predicted molar refractivity (Wildman–Crippen MR) is 60.0 cm³/mol. The quantitative estimate of drug-likeness (QED) is 0.622. The third-order valence-corrected chi connectivity index (χ3v) is 3.60. The van der Waals surface area contributed by atoms with Crippen LogP contribution in [0.4, 0.5) is 5.69 Å². The number of rotatable bonds is 3. The Hall–Kier alpha value is -1.49. The average molecular weight is 221 g/mol. The minimum Gasteiger partial charge on any atom is -0.330 e. The average Bonchev–Trinajstić information content (AvgIpc) is 2.80. The summed E-state index contributed by atoms with van der Waals surface area (Å²) in [6.07, 6.45) is 1.32. The molecule has 1 aliphatic carbocycles. The Morgan fingerprint density at radius 2 is 2.25 bits per heavy atom. The molecule has 1 aromatic rings. The number of nitrogens with zero attached hydrogens (tertiary/aromatic N) is 2. The van der Waals surface area contributed by atoms with Gasteiger partial charge in [-0.2, -0.15) is 0 Å². The summed E-state index contributed by atoms with van der Waals surface area (Å²) < 4.78 is 0. The van der Waals surface area contributed by atoms with Crippen LogP contribution in [-0.2, 0) is 0 Å². The van der Waals surface area contributed by atoms with Gasteiger partial charge in [0.2, 0.25) is 0 Å². The van der Waals surface area contributed by atoms with Crippen LogP contribution >= 0.6 is 0 Å². The Morgan fingerprint density at radius 1 is 1.56 bits per heavy atom. The van der Waals surface area contributed by atoms with Gasteiger partial charge in [-0.25, -0.2) is 0 Å². The number of hydrogen-bond acceptors (Lipinski definition) is 4. The van der Waals surface area contributed by atoms with Gasteiger partial charge in [0.05, 0.1) is 4.92 Å². The van der Waals surface area contributed by atoms with Gasteiger partial charge in [0.1, 0.15) is 6.20 Å². The van der Waals surface area contributed by atoms with Crippen molar-refractivity contribution in [2.24, 2.45) is 17.1 Å². The van der Waals surface area contributed by atoms with Gasteiger partial charge in [-0.1, -0.05) is 13.8 Å². The predicted octanol–water partition coefficient (Wildman–Crippen LogP) is 1.69. The maximum Gasteiger partial charge on any atom is 0.287 e. The van der Waals surface area contributed by atoms with Gasteiger partial charge in [-0.15, -0.1) is 0 Å². The lowest BCUT2D eigenvalue weighted by Gasteiger charge is -2.01. The molecule has 0 radical (unpaired) electrons. The van der Waals surface area contributed by atoms with E-state index in [1.165, 1.54) is 12.3 Å². The first-order valence-corrected chi connectivity index (χ1v) is 5.29. The van der Waals surface area contributed by atoms with Crippen LogP contribution in [0.15, 0.2) is 18.3 Å². The second kappa shape index (κ2) is 3.52. The maximum atomic E-state index is 10.5. The SMILES string of the molecule is CC1(C)[C@@H](CN)[C@@H]1c1ccc([N+](=O)[O-])cn1. The highest BCUT2D eigenvalue weighted by Crippen LogP contribution is 2.63. The van der Waals surface area contributed by atoms with E-state index < -0.39 is 4.92 Å². The van der Waals surface area contributed by atoms with Crippen LogP contribution in [0.5, 0.6) is 0 Å². The summed E-state index contributed by atoms with van der Waals surface area (Å²) >= 11 is 0. The molecule has 0 aliphatic heterocycles. The van der Waals surface area contributed by atoms with E-state index in [4.69, 9.17) is 5.73 Å². The molecule has 5 nitrogen and oxygen atoms in total. The summed E-state index contributed by atoms with van der Waals surface area (Å²) in [5.41, 5.74) is 6.79. The van der Waals surface area contributed by atoms with Gasteiger partial charge in [-0.05, 0) is 23.9 Å². The van der Waals surface area contributed by atoms with E-state index >= 15 is 0 Å². The summed E-state index contributed by atoms with van der Waals surface area (Å²) in [5, 5.41) is 10.5. The zero-order chi connectivity index (χ0) is 11.9. The number of nitrogens with two attached hydrogens (primary N) is 1. The van der Waals surface area contributed by atoms with Crippen LogP contribution in [-0.4, -0.2) is 16.5 Å². The summed E-state index contributed by atoms with van der Waals surface area (Å²) in [6, 6.07) is 3.24. The van der Waals surface area contributed by atoms with Crippen LogP contribution in [0.1, 0.15) is 25.5 Å². The molecule has 86 valence electrons. The minimum atomic E-state index is -0.435. The van der Waals surface area contributed by atoms with Crippen molar-refractivity contribution in [3.8, 4) is 0 Å². The summed E-state index contributed by atoms with van der Waals surface area (Å²) in [7, 11) is 0. The van der Waals surface area contributed by atoms with Crippen molar-refractivity contribution >= 4 is 5.69 Å². The largest absolute Gasteiger partial charge is 0.330 e. The molecule has 5 heteroatoms. The maximum absolute atomic E-state index is 10.5. The first-order chi connectivity index (χ1) is 7.48. The third kappa shape index (κ3) is 1.57. The lowest BCUT2D eigenvalue weighted by Crippen LogP contribution is -2.05. The van der Waals surface area contributed by atoms with Crippen LogP contribution in [0.2, 0.25) is 0 Å². The number of hydrogen-bond donors (Lipinski definition) is 1. The van der Waals surface area contributed by atoms with Crippen LogP contribution in [0.25, 0.3) is 0 Å². The molecule has 1 aliphatic rings. The highest BCUT2D eigenvalue weighted by atomic mass is 16.6. The Kier molecular flexibility index (Phi) is 2.42. The molecule has 1 fully saturated rings. The molecule has 2 atom stereocenters. The third-order valence-electron chi connectivity index (χ3n) is 3.60. The summed E-state index contributed by atoms with van der Waals surface area (Å²) in [6.45, 7) is 4.94. The van der Waals surface area contributed by atoms with E-state index in [1.807, 2.05) is 0 Å². The standard InChI is InChI=1S/C11H15N3O2/c1-11(2)8(5-12)10(11)9-4-3-7(6-13-9)14(15)16/h3-4,6,8,10H,5,12H2,1-2H3/t8-,10+/m0/s1. The molecule has 0 amide bonds. The van der Waals surface area contributed by atoms with Gasteiger partial charge in [0.25, 0.3) is 5.69 Å². The fourth-order valence-electron chi connectivity index (χ4n) is 2.46. The van der Waals surface area contributed by atoms with E-state index in [-0.39, 0.29) is 11.1 Å². The number of pyridine rings is 1. The first kappa shape index (κ1) is 11.0. The summed E-state index contributed by atoms with van der Waals surface area (Å²) in [5.74, 6) is 0.764. The molecule has 1 saturated carbocycles. The van der Waals surface area contributed by atoms with E-state index in [9.17, 15) is 10.1 Å². The molecule has 0 unspecified atom stereocenters. The first-order valence-electron chi connectivity index (χ1n) is 5.29. The molecule has 1 aromatic heterocycles. The Morgan fingerprint density at radius 3 is 2.62 bits per heavy atom. The van der Waals surface area contributed by atoms with E-state index in [0.29, 0.717) is 18.4 Å². The van der Waals surface area contributed by atoms with E-state index in [2.05, 4.69) is 18.8 Å². The van der Waals surface area contributed by atoms with Gasteiger partial charge in [0, 0.05) is 17.7 Å². The monoisotopic (exact) mass is 221 g/mol. The number of nitro groups is 1. The minimum absolute atomic E-state index is 0.0338. The van der Waals surface area contributed by atoms with Crippen LogP contribution in [0, 0.1) is 21.4 Å². The van der Waals surface area contributed by atoms with Gasteiger partial charge >= 0.3 is 0 Å². The molecule has 1 heterocycles. The van der Waals surface area contributed by atoms with Crippen LogP contribution < -0.4 is 5.73 Å². The molecule has 2 rings (SSSR count). The van der Waals surface area contributed by atoms with Gasteiger partial charge in [-0.3, -0.25) is 15.1 Å². The lowest BCUT2D eigenvalue weighted by atomic mass is 10.1. The zero-order valence-electron chi connectivity index (χ0n) is 9.38. The Bertz CT molecular complexity index is 414. The van der Waals surface area contributed by atoms with Crippen molar-refractivity contribution < 1.29 is 4.92 Å². The van der Waals surface area contributed by atoms with Crippen molar-refractivity contribution in [3.63, 3.8) is 0 Å². The molecule has 0 saturated heterocycles. The molecule has 0 spiro atoms. The molecule has 16 heavy (non-hydrogen) atoms. The molecule has 0 aromatic carbocycles. The van der Waals surface area contributed by atoms with Crippen molar-refractivity contribution in [1.82, 2.24) is 4.98 Å². The number of aromatic nitrogens is 1. The van der Waals surface area contributed by atoms with Gasteiger partial charge < -0.3 is 5.73 Å². The van der Waals surface area contributed by atoms with Crippen molar-refractivity contribution in [3.05, 3.63) is 34.1 Å². The Balaban J connectivity index is 2.21. The molecule has 2 N–H and O–H groups in total. The fraction of sp³-hybridized carbons (Fsp3) is 0.545. The highest BCUT2D eigenvalue weighted by Gasteiger charge is 2.58. The second-order valence-electron chi connectivity index (χ2n) is 4.84. The summed E-state index contributed by atoms with van der Waals surface area (Å²) in [4.78, 5) is 14.2. The normalized spacial score (nSPS) is 26.4. The van der Waals surface area contributed by atoms with Gasteiger partial charge in [0.15, 0.2) is 0 Å². The highest BCUT2D eigenvalue weighted by molar-refractivity contribution is 5.32. The van der Waals surface area contributed by atoms with Crippen LogP contribution in [0.3, 0.4) is 0 Å². The molecular weight excluding hydrogens is 206 g/mol. The zero-order valence-corrected chi connectivity index (χ0v) is 9.38. The van der Waals surface area contributed by atoms with Crippen molar-refractivity contribution in [2.75, 3.05) is 6.54 Å². The fourth-order valence-corrected chi connectivity index (χ4v) is 2.46. The molecular formula is C11H15N3O2. The Labute approximate surface area is 93.8 Å². The topological polar surface area (TPSA) is 82.0 Å². The van der Waals surface area contributed by atoms with Crippen molar-refractivity contribution in [1.29, 1.82) is 0 Å². The van der Waals surface area contributed by atoms with E-state index in [1.54, 1.807) is 6.07 Å². The molecule has 0 bridgehead atoms. The van der Waals surface area contributed by atoms with Crippen molar-refractivity contribution in [2.45, 2.75) is 19.8 Å². The lowest BCUT2D eigenvalue weighted by molar-refractivity contribution is -0.385.